The summed E-state index contributed by atoms with van der Waals surface area (Å²) in [4.78, 5) is 18.1. The van der Waals surface area contributed by atoms with Gasteiger partial charge in [0.05, 0.1) is 0 Å². The Morgan fingerprint density at radius 1 is 1.89 bits per heavy atom. The number of nitrogens with one attached hydrogen (secondary N) is 1. The lowest BCUT2D eigenvalue weighted by atomic mass is 10.6. The SMILES string of the molecule is C=CC(=O)NO[P+](=O)O. The molecule has 2 N–H and O–H groups in total. The molecule has 0 aromatic heterocycles. The Bertz CT molecular complexity index is 145. The first-order valence-corrected chi connectivity index (χ1v) is 3.05. The minimum absolute atomic E-state index is 0.660. The van der Waals surface area contributed by atoms with Crippen LogP contribution in [-0.4, -0.2) is 10.8 Å². The summed E-state index contributed by atoms with van der Waals surface area (Å²) in [5.74, 6) is -0.660. The lowest BCUT2D eigenvalue weighted by molar-refractivity contribution is -0.122. The molecule has 0 aliphatic rings. The lowest BCUT2D eigenvalue weighted by Gasteiger charge is -1.84. The van der Waals surface area contributed by atoms with Crippen LogP contribution < -0.4 is 5.48 Å². The van der Waals surface area contributed by atoms with E-state index < -0.39 is 14.2 Å². The van der Waals surface area contributed by atoms with Gasteiger partial charge in [-0.05, 0) is 6.08 Å². The Hall–Kier alpha value is -0.770. The van der Waals surface area contributed by atoms with Gasteiger partial charge in [0.2, 0.25) is 0 Å². The van der Waals surface area contributed by atoms with Crippen LogP contribution in [0.5, 0.6) is 0 Å². The van der Waals surface area contributed by atoms with Crippen molar-refractivity contribution in [2.75, 3.05) is 0 Å². The molecule has 9 heavy (non-hydrogen) atoms. The van der Waals surface area contributed by atoms with Gasteiger partial charge < -0.3 is 0 Å². The van der Waals surface area contributed by atoms with Crippen molar-refractivity contribution in [1.82, 2.24) is 5.48 Å². The van der Waals surface area contributed by atoms with E-state index in [1.807, 2.05) is 0 Å². The summed E-state index contributed by atoms with van der Waals surface area (Å²) in [5.41, 5.74) is 1.64. The van der Waals surface area contributed by atoms with Gasteiger partial charge in [0.15, 0.2) is 0 Å². The average molecular weight is 150 g/mol. The summed E-state index contributed by atoms with van der Waals surface area (Å²) in [7, 11) is -2.77. The summed E-state index contributed by atoms with van der Waals surface area (Å²) in [6.07, 6.45) is 0.916. The third kappa shape index (κ3) is 5.10. The molecule has 1 atom stereocenters. The number of amides is 1. The van der Waals surface area contributed by atoms with Crippen molar-refractivity contribution >= 4 is 14.2 Å². The Morgan fingerprint density at radius 2 is 2.44 bits per heavy atom. The number of carbonyl (C=O) groups excluding carboxylic acids is 1. The van der Waals surface area contributed by atoms with Crippen LogP contribution in [0.1, 0.15) is 0 Å². The summed E-state index contributed by atoms with van der Waals surface area (Å²) >= 11 is 0. The molecule has 0 aliphatic heterocycles. The molecule has 1 unspecified atom stereocenters. The van der Waals surface area contributed by atoms with Gasteiger partial charge in [0, 0.05) is 9.19 Å². The van der Waals surface area contributed by atoms with E-state index >= 15 is 0 Å². The predicted molar refractivity (Wildman–Crippen MR) is 29.2 cm³/mol. The average Bonchev–Trinajstić information content (AvgIpc) is 1.83. The molecule has 0 heterocycles. The molecule has 0 aliphatic carbocycles. The minimum Gasteiger partial charge on any atom is -0.268 e. The van der Waals surface area contributed by atoms with Crippen LogP contribution >= 0.6 is 8.25 Å². The van der Waals surface area contributed by atoms with Gasteiger partial charge in [-0.3, -0.25) is 4.79 Å². The van der Waals surface area contributed by atoms with Crippen molar-refractivity contribution in [1.29, 1.82) is 0 Å². The van der Waals surface area contributed by atoms with E-state index in [-0.39, 0.29) is 0 Å². The van der Waals surface area contributed by atoms with Gasteiger partial charge in [0.25, 0.3) is 5.91 Å². The van der Waals surface area contributed by atoms with Crippen molar-refractivity contribution in [2.45, 2.75) is 0 Å². The molecule has 0 aromatic rings. The molecule has 0 saturated carbocycles. The maximum absolute atomic E-state index is 10.1. The van der Waals surface area contributed by atoms with Crippen LogP contribution in [-0.2, 0) is 14.0 Å². The molecule has 0 bridgehead atoms. The van der Waals surface area contributed by atoms with E-state index in [1.165, 1.54) is 0 Å². The van der Waals surface area contributed by atoms with Gasteiger partial charge in [-0.2, -0.15) is 5.48 Å². The highest BCUT2D eigenvalue weighted by Gasteiger charge is 2.12. The zero-order chi connectivity index (χ0) is 7.28. The Balaban J connectivity index is 3.39. The van der Waals surface area contributed by atoms with Crippen molar-refractivity contribution in [3.63, 3.8) is 0 Å². The van der Waals surface area contributed by atoms with Crippen molar-refractivity contribution in [2.24, 2.45) is 0 Å². The Kier molecular flexibility index (Phi) is 3.79. The second kappa shape index (κ2) is 4.14. The lowest BCUT2D eigenvalue weighted by Crippen LogP contribution is -2.17. The first-order chi connectivity index (χ1) is 4.16. The highest BCUT2D eigenvalue weighted by Crippen LogP contribution is 2.10. The smallest absolute Gasteiger partial charge is 0.268 e. The number of hydrogen-bond acceptors (Lipinski definition) is 3. The van der Waals surface area contributed by atoms with Crippen LogP contribution in [0.2, 0.25) is 0 Å². The van der Waals surface area contributed by atoms with E-state index in [2.05, 4.69) is 11.2 Å². The van der Waals surface area contributed by atoms with Gasteiger partial charge >= 0.3 is 8.25 Å². The highest BCUT2D eigenvalue weighted by molar-refractivity contribution is 7.32. The zero-order valence-corrected chi connectivity index (χ0v) is 5.30. The molecule has 0 saturated heterocycles. The topological polar surface area (TPSA) is 75.6 Å². The predicted octanol–water partition coefficient (Wildman–Crippen LogP) is -0.130. The molecule has 50 valence electrons. The maximum Gasteiger partial charge on any atom is 0.719 e. The quantitative estimate of drug-likeness (QED) is 0.333. The van der Waals surface area contributed by atoms with Gasteiger partial charge in [-0.25, -0.2) is 0 Å². The van der Waals surface area contributed by atoms with E-state index in [1.54, 1.807) is 5.48 Å². The van der Waals surface area contributed by atoms with Crippen molar-refractivity contribution in [3.8, 4) is 0 Å². The van der Waals surface area contributed by atoms with Crippen LogP contribution in [0.25, 0.3) is 0 Å². The molecular formula is C3H5NO4P+. The Morgan fingerprint density at radius 3 is 2.78 bits per heavy atom. The third-order valence-corrected chi connectivity index (χ3v) is 0.657. The second-order valence-corrected chi connectivity index (χ2v) is 1.66. The van der Waals surface area contributed by atoms with Gasteiger partial charge in [-0.15, -0.1) is 4.89 Å². The number of rotatable bonds is 3. The van der Waals surface area contributed by atoms with Crippen molar-refractivity contribution in [3.05, 3.63) is 12.7 Å². The highest BCUT2D eigenvalue weighted by atomic mass is 31.1. The first kappa shape index (κ1) is 8.23. The maximum atomic E-state index is 10.1. The molecule has 5 nitrogen and oxygen atoms in total. The molecule has 0 fully saturated rings. The fourth-order valence-corrected chi connectivity index (χ4v) is 0.294. The van der Waals surface area contributed by atoms with Crippen LogP contribution in [0, 0.1) is 0 Å². The zero-order valence-electron chi connectivity index (χ0n) is 4.40. The molecule has 0 radical (unpaired) electrons. The summed E-state index contributed by atoms with van der Waals surface area (Å²) < 4.78 is 13.5. The molecular weight excluding hydrogens is 145 g/mol. The molecule has 0 rings (SSSR count). The van der Waals surface area contributed by atoms with E-state index in [0.29, 0.717) is 0 Å². The summed E-state index contributed by atoms with van der Waals surface area (Å²) in [6.45, 7) is 3.07. The second-order valence-electron chi connectivity index (χ2n) is 1.000. The normalized spacial score (nSPS) is 10.1. The Labute approximate surface area is 52.2 Å². The van der Waals surface area contributed by atoms with Gasteiger partial charge in [0.1, 0.15) is 0 Å². The summed E-state index contributed by atoms with van der Waals surface area (Å²) in [6, 6.07) is 0. The fourth-order valence-electron chi connectivity index (χ4n) is 0.126. The summed E-state index contributed by atoms with van der Waals surface area (Å²) in [5, 5.41) is 0. The number of hydrogen-bond donors (Lipinski definition) is 2. The third-order valence-electron chi connectivity index (χ3n) is 0.410. The molecule has 1 amide bonds. The van der Waals surface area contributed by atoms with E-state index in [9.17, 15) is 9.36 Å². The number of carbonyl (C=O) groups is 1. The van der Waals surface area contributed by atoms with Crippen molar-refractivity contribution < 1.29 is 18.9 Å². The fraction of sp³-hybridized carbons (Fsp3) is 0. The standard InChI is InChI=1S/C3H4NO4P/c1-2-3(5)4-8-9(6)7/h2H,1H2,(H-,4,5,6,7)/p+1. The van der Waals surface area contributed by atoms with Gasteiger partial charge in [-0.1, -0.05) is 6.58 Å². The largest absolute Gasteiger partial charge is 0.719 e. The molecule has 6 heteroatoms. The minimum atomic E-state index is -2.77. The van der Waals surface area contributed by atoms with E-state index in [0.717, 1.165) is 6.08 Å². The molecule has 0 aromatic carbocycles. The number of hydroxylamine groups is 1. The van der Waals surface area contributed by atoms with Crippen LogP contribution in [0.15, 0.2) is 12.7 Å². The monoisotopic (exact) mass is 150 g/mol. The van der Waals surface area contributed by atoms with Crippen LogP contribution in [0.3, 0.4) is 0 Å². The first-order valence-electron chi connectivity index (χ1n) is 1.92. The van der Waals surface area contributed by atoms with Crippen LogP contribution in [0.4, 0.5) is 0 Å². The van der Waals surface area contributed by atoms with E-state index in [4.69, 9.17) is 4.89 Å². The molecule has 0 spiro atoms.